The second-order valence-corrected chi connectivity index (χ2v) is 7.25. The second-order valence-electron chi connectivity index (χ2n) is 7.25. The fraction of sp³-hybridized carbons (Fsp3) is 0.800. The van der Waals surface area contributed by atoms with E-state index in [0.717, 1.165) is 37.0 Å². The summed E-state index contributed by atoms with van der Waals surface area (Å²) in [5.74, 6) is 2.43. The number of nitrogens with one attached hydrogen (secondary N) is 2. The van der Waals surface area contributed by atoms with E-state index in [0.29, 0.717) is 5.71 Å². The van der Waals surface area contributed by atoms with Gasteiger partial charge < -0.3 is 11.1 Å². The van der Waals surface area contributed by atoms with Gasteiger partial charge in [0.2, 0.25) is 5.91 Å². The predicted octanol–water partition coefficient (Wildman–Crippen LogP) is 1.51. The van der Waals surface area contributed by atoms with Gasteiger partial charge in [-0.3, -0.25) is 4.79 Å². The van der Waals surface area contributed by atoms with Crippen molar-refractivity contribution in [3.05, 3.63) is 0 Å². The van der Waals surface area contributed by atoms with Crippen LogP contribution < -0.4 is 16.5 Å². The lowest BCUT2D eigenvalue weighted by Gasteiger charge is -2.56. The molecule has 4 saturated carbocycles. The Bertz CT molecular complexity index is 451. The van der Waals surface area contributed by atoms with Crippen LogP contribution in [0.1, 0.15) is 51.9 Å². The Morgan fingerprint density at radius 1 is 1.14 bits per heavy atom. The molecule has 0 heterocycles. The van der Waals surface area contributed by atoms with Gasteiger partial charge >= 0.3 is 6.03 Å². The fourth-order valence-electron chi connectivity index (χ4n) is 5.03. The standard InChI is InChI=1S/C15H24N4O2/c1-9(18-19-14(16)21)2-13(20)17-15-6-10-3-11(7-15)5-12(4-10)8-15/h10-12H,2-8H2,1H3,(H,17,20)(H3,16,19,21)/b18-9-. The number of urea groups is 1. The zero-order valence-corrected chi connectivity index (χ0v) is 12.5. The Hall–Kier alpha value is -1.59. The van der Waals surface area contributed by atoms with Gasteiger partial charge in [0.25, 0.3) is 0 Å². The highest BCUT2D eigenvalue weighted by Gasteiger charge is 2.51. The molecule has 0 aliphatic heterocycles. The Kier molecular flexibility index (Phi) is 3.63. The molecule has 4 bridgehead atoms. The third-order valence-electron chi connectivity index (χ3n) is 5.22. The van der Waals surface area contributed by atoms with Crippen molar-refractivity contribution in [1.82, 2.24) is 10.7 Å². The second kappa shape index (κ2) is 5.31. The Morgan fingerprint density at radius 2 is 1.67 bits per heavy atom. The van der Waals surface area contributed by atoms with E-state index in [1.807, 2.05) is 0 Å². The van der Waals surface area contributed by atoms with Gasteiger partial charge in [0.05, 0.1) is 6.42 Å². The van der Waals surface area contributed by atoms with Gasteiger partial charge in [0.1, 0.15) is 0 Å². The number of nitrogens with zero attached hydrogens (tertiary/aromatic N) is 1. The van der Waals surface area contributed by atoms with Crippen LogP contribution in [0.15, 0.2) is 5.10 Å². The van der Waals surface area contributed by atoms with Crippen LogP contribution in [-0.2, 0) is 4.79 Å². The molecule has 4 N–H and O–H groups in total. The Balaban J connectivity index is 1.57. The van der Waals surface area contributed by atoms with Gasteiger partial charge in [0.15, 0.2) is 0 Å². The van der Waals surface area contributed by atoms with Crippen LogP contribution in [0.25, 0.3) is 0 Å². The number of carbonyl (C=O) groups excluding carboxylic acids is 2. The monoisotopic (exact) mass is 292 g/mol. The van der Waals surface area contributed by atoms with Crippen LogP contribution in [0.2, 0.25) is 0 Å². The molecule has 0 radical (unpaired) electrons. The maximum Gasteiger partial charge on any atom is 0.332 e. The fourth-order valence-corrected chi connectivity index (χ4v) is 5.03. The highest BCUT2D eigenvalue weighted by molar-refractivity contribution is 6.00. The molecule has 0 saturated heterocycles. The van der Waals surface area contributed by atoms with Crippen LogP contribution in [0.4, 0.5) is 4.79 Å². The van der Waals surface area contributed by atoms with Gasteiger partial charge in [-0.25, -0.2) is 10.2 Å². The highest BCUT2D eigenvalue weighted by Crippen LogP contribution is 2.55. The van der Waals surface area contributed by atoms with E-state index in [2.05, 4.69) is 15.8 Å². The van der Waals surface area contributed by atoms with Crippen molar-refractivity contribution in [3.63, 3.8) is 0 Å². The average molecular weight is 292 g/mol. The Labute approximate surface area is 124 Å². The lowest BCUT2D eigenvalue weighted by molar-refractivity contribution is -0.125. The number of rotatable bonds is 4. The van der Waals surface area contributed by atoms with Crippen molar-refractivity contribution >= 4 is 17.6 Å². The van der Waals surface area contributed by atoms with E-state index in [-0.39, 0.29) is 17.9 Å². The summed E-state index contributed by atoms with van der Waals surface area (Å²) >= 11 is 0. The largest absolute Gasteiger partial charge is 0.350 e. The number of primary amides is 1. The lowest BCUT2D eigenvalue weighted by atomic mass is 9.53. The van der Waals surface area contributed by atoms with Gasteiger partial charge in [-0.2, -0.15) is 5.10 Å². The third-order valence-corrected chi connectivity index (χ3v) is 5.22. The molecule has 0 spiro atoms. The first-order chi connectivity index (χ1) is 9.94. The molecule has 4 aliphatic rings. The van der Waals surface area contributed by atoms with Crippen molar-refractivity contribution in [2.24, 2.45) is 28.6 Å². The smallest absolute Gasteiger partial charge is 0.332 e. The zero-order chi connectivity index (χ0) is 15.0. The number of hydrogen-bond acceptors (Lipinski definition) is 3. The minimum Gasteiger partial charge on any atom is -0.350 e. The lowest BCUT2D eigenvalue weighted by Crippen LogP contribution is -2.60. The van der Waals surface area contributed by atoms with Crippen molar-refractivity contribution in [2.45, 2.75) is 57.4 Å². The molecule has 0 aromatic rings. The molecule has 4 fully saturated rings. The number of hydrazone groups is 1. The summed E-state index contributed by atoms with van der Waals surface area (Å²) in [4.78, 5) is 22.8. The first-order valence-electron chi connectivity index (χ1n) is 7.84. The summed E-state index contributed by atoms with van der Waals surface area (Å²) in [5.41, 5.74) is 7.70. The minimum atomic E-state index is -0.712. The van der Waals surface area contributed by atoms with E-state index in [4.69, 9.17) is 5.73 Å². The predicted molar refractivity (Wildman–Crippen MR) is 79.5 cm³/mol. The SMILES string of the molecule is C/C(CC(=O)NC12CC3CC(CC(C3)C1)C2)=N/NC(N)=O. The molecule has 3 amide bonds. The molecule has 0 atom stereocenters. The maximum atomic E-state index is 12.2. The van der Waals surface area contributed by atoms with Crippen LogP contribution in [0.3, 0.4) is 0 Å². The summed E-state index contributed by atoms with van der Waals surface area (Å²) in [7, 11) is 0. The topological polar surface area (TPSA) is 96.6 Å². The van der Waals surface area contributed by atoms with Gasteiger partial charge in [-0.05, 0) is 63.2 Å². The van der Waals surface area contributed by atoms with Crippen LogP contribution in [0, 0.1) is 17.8 Å². The number of nitrogens with two attached hydrogens (primary N) is 1. The van der Waals surface area contributed by atoms with E-state index in [9.17, 15) is 9.59 Å². The van der Waals surface area contributed by atoms with E-state index >= 15 is 0 Å². The molecular weight excluding hydrogens is 268 g/mol. The molecule has 0 aromatic heterocycles. The summed E-state index contributed by atoms with van der Waals surface area (Å²) < 4.78 is 0. The molecule has 6 heteroatoms. The van der Waals surface area contributed by atoms with Crippen LogP contribution in [-0.4, -0.2) is 23.2 Å². The van der Waals surface area contributed by atoms with Crippen molar-refractivity contribution in [1.29, 1.82) is 0 Å². The zero-order valence-electron chi connectivity index (χ0n) is 12.5. The molecule has 21 heavy (non-hydrogen) atoms. The summed E-state index contributed by atoms with van der Waals surface area (Å²) in [6.07, 6.45) is 7.71. The van der Waals surface area contributed by atoms with Gasteiger partial charge in [0, 0.05) is 11.3 Å². The molecular formula is C15H24N4O2. The molecule has 116 valence electrons. The number of hydrogen-bond donors (Lipinski definition) is 3. The summed E-state index contributed by atoms with van der Waals surface area (Å²) in [6, 6.07) is -0.712. The molecule has 0 unspecified atom stereocenters. The third kappa shape index (κ3) is 3.19. The molecule has 6 nitrogen and oxygen atoms in total. The van der Waals surface area contributed by atoms with Crippen molar-refractivity contribution in [3.8, 4) is 0 Å². The molecule has 0 aromatic carbocycles. The average Bonchev–Trinajstić information content (AvgIpc) is 2.33. The van der Waals surface area contributed by atoms with Crippen LogP contribution in [0.5, 0.6) is 0 Å². The van der Waals surface area contributed by atoms with E-state index < -0.39 is 6.03 Å². The first-order valence-corrected chi connectivity index (χ1v) is 7.84. The molecule has 4 aliphatic carbocycles. The van der Waals surface area contributed by atoms with Gasteiger partial charge in [-0.15, -0.1) is 0 Å². The van der Waals surface area contributed by atoms with Gasteiger partial charge in [-0.1, -0.05) is 0 Å². The summed E-state index contributed by atoms with van der Waals surface area (Å²) in [5, 5.41) is 7.07. The van der Waals surface area contributed by atoms with E-state index in [1.54, 1.807) is 6.92 Å². The maximum absolute atomic E-state index is 12.2. The Morgan fingerprint density at radius 3 is 2.14 bits per heavy atom. The quantitative estimate of drug-likeness (QED) is 0.541. The molecule has 4 rings (SSSR count). The number of carbonyl (C=O) groups is 2. The summed E-state index contributed by atoms with van der Waals surface area (Å²) in [6.45, 7) is 1.72. The van der Waals surface area contributed by atoms with E-state index in [1.165, 1.54) is 19.3 Å². The normalized spacial score (nSPS) is 37.4. The van der Waals surface area contributed by atoms with Crippen LogP contribution >= 0.6 is 0 Å². The highest BCUT2D eigenvalue weighted by atomic mass is 16.2. The van der Waals surface area contributed by atoms with Crippen molar-refractivity contribution < 1.29 is 9.59 Å². The van der Waals surface area contributed by atoms with Crippen molar-refractivity contribution in [2.75, 3.05) is 0 Å². The number of amides is 3. The minimum absolute atomic E-state index is 0.00414. The first kappa shape index (κ1) is 14.4.